The van der Waals surface area contributed by atoms with Crippen LogP contribution in [-0.2, 0) is 0 Å². The molecule has 0 saturated carbocycles. The monoisotopic (exact) mass is 542 g/mol. The quantitative estimate of drug-likeness (QED) is 0.198. The van der Waals surface area contributed by atoms with E-state index in [2.05, 4.69) is 0 Å². The van der Waals surface area contributed by atoms with Gasteiger partial charge in [0, 0.05) is 39.9 Å². The molecule has 8 heteroatoms. The van der Waals surface area contributed by atoms with Crippen molar-refractivity contribution in [3.63, 3.8) is 0 Å². The van der Waals surface area contributed by atoms with E-state index >= 15 is 8.78 Å². The van der Waals surface area contributed by atoms with Gasteiger partial charge in [-0.25, -0.2) is 30.7 Å². The molecule has 5 aromatic rings. The van der Waals surface area contributed by atoms with Gasteiger partial charge in [-0.2, -0.15) is 0 Å². The highest BCUT2D eigenvalue weighted by molar-refractivity contribution is 6.37. The van der Waals surface area contributed by atoms with Gasteiger partial charge in [-0.3, -0.25) is 0 Å². The Morgan fingerprint density at radius 2 is 1.08 bits per heavy atom. The smallest absolute Gasteiger partial charge is 0.166 e. The Kier molecular flexibility index (Phi) is 6.71. The zero-order valence-corrected chi connectivity index (χ0v) is 19.9. The SMILES string of the molecule is Fc1ccc(-c2cc(-c3cc(F)cc(F)c3)c(Cl)c(-c3ccc(F)cc3F)c2-c2cccc(F)c2F)cc1. The Hall–Kier alpha value is -4.10. The zero-order valence-electron chi connectivity index (χ0n) is 19.1. The number of rotatable bonds is 4. The van der Waals surface area contributed by atoms with Crippen LogP contribution in [-0.4, -0.2) is 0 Å². The second-order valence-corrected chi connectivity index (χ2v) is 8.80. The summed E-state index contributed by atoms with van der Waals surface area (Å²) in [5.41, 5.74) is -0.491. The molecule has 0 heterocycles. The van der Waals surface area contributed by atoms with Gasteiger partial charge in [-0.15, -0.1) is 0 Å². The molecule has 38 heavy (non-hydrogen) atoms. The summed E-state index contributed by atoms with van der Waals surface area (Å²) in [5.74, 6) is -6.88. The van der Waals surface area contributed by atoms with Crippen molar-refractivity contribution in [3.8, 4) is 44.5 Å². The van der Waals surface area contributed by atoms with Crippen LogP contribution in [0, 0.1) is 40.7 Å². The van der Waals surface area contributed by atoms with E-state index in [1.54, 1.807) is 0 Å². The summed E-state index contributed by atoms with van der Waals surface area (Å²) in [4.78, 5) is 0. The molecule has 5 aromatic carbocycles. The number of hydrogen-bond acceptors (Lipinski definition) is 0. The predicted molar refractivity (Wildman–Crippen MR) is 133 cm³/mol. The molecule has 0 N–H and O–H groups in total. The minimum absolute atomic E-state index is 0.0173. The van der Waals surface area contributed by atoms with Gasteiger partial charge < -0.3 is 0 Å². The molecule has 5 rings (SSSR count). The van der Waals surface area contributed by atoms with Crippen molar-refractivity contribution < 1.29 is 30.7 Å². The molecule has 0 bridgehead atoms. The van der Waals surface area contributed by atoms with E-state index in [1.807, 2.05) is 0 Å². The van der Waals surface area contributed by atoms with Crippen LogP contribution in [0.1, 0.15) is 0 Å². The van der Waals surface area contributed by atoms with Crippen molar-refractivity contribution in [1.29, 1.82) is 0 Å². The van der Waals surface area contributed by atoms with Gasteiger partial charge in [-0.1, -0.05) is 35.9 Å². The van der Waals surface area contributed by atoms with Crippen molar-refractivity contribution in [1.82, 2.24) is 0 Å². The van der Waals surface area contributed by atoms with Crippen LogP contribution in [0.25, 0.3) is 44.5 Å². The molecule has 0 aliphatic rings. The molecule has 0 aliphatic heterocycles. The molecule has 0 aromatic heterocycles. The predicted octanol–water partition coefficient (Wildman–Crippen LogP) is 9.98. The van der Waals surface area contributed by atoms with Gasteiger partial charge >= 0.3 is 0 Å². The number of halogens is 8. The normalized spacial score (nSPS) is 11.2. The van der Waals surface area contributed by atoms with Crippen LogP contribution in [0.2, 0.25) is 5.02 Å². The highest BCUT2D eigenvalue weighted by Gasteiger charge is 2.26. The summed E-state index contributed by atoms with van der Waals surface area (Å²) in [6.07, 6.45) is 0. The second-order valence-electron chi connectivity index (χ2n) is 8.43. The van der Waals surface area contributed by atoms with Crippen LogP contribution < -0.4 is 0 Å². The lowest BCUT2D eigenvalue weighted by Crippen LogP contribution is -2.00. The summed E-state index contributed by atoms with van der Waals surface area (Å²) < 4.78 is 101. The van der Waals surface area contributed by atoms with Gasteiger partial charge in [0.05, 0.1) is 5.02 Å². The van der Waals surface area contributed by atoms with Crippen LogP contribution in [0.15, 0.2) is 84.9 Å². The van der Waals surface area contributed by atoms with Crippen molar-refractivity contribution in [3.05, 3.63) is 131 Å². The van der Waals surface area contributed by atoms with Gasteiger partial charge in [-0.05, 0) is 65.2 Å². The molecule has 0 saturated heterocycles. The summed E-state index contributed by atoms with van der Waals surface area (Å²) in [5, 5.41) is -0.259. The maximum absolute atomic E-state index is 15.2. The van der Waals surface area contributed by atoms with Crippen molar-refractivity contribution in [2.24, 2.45) is 0 Å². The van der Waals surface area contributed by atoms with Crippen LogP contribution >= 0.6 is 11.6 Å². The summed E-state index contributed by atoms with van der Waals surface area (Å²) in [7, 11) is 0. The molecule has 0 aliphatic carbocycles. The van der Waals surface area contributed by atoms with Gasteiger partial charge in [0.25, 0.3) is 0 Å². The summed E-state index contributed by atoms with van der Waals surface area (Å²) in [6, 6.07) is 14.9. The lowest BCUT2D eigenvalue weighted by atomic mass is 9.84. The third-order valence-electron chi connectivity index (χ3n) is 6.01. The Morgan fingerprint density at radius 1 is 0.421 bits per heavy atom. The van der Waals surface area contributed by atoms with Crippen LogP contribution in [0.3, 0.4) is 0 Å². The highest BCUT2D eigenvalue weighted by Crippen LogP contribution is 2.49. The summed E-state index contributed by atoms with van der Waals surface area (Å²) in [6.45, 7) is 0. The van der Waals surface area contributed by atoms with E-state index in [1.165, 1.54) is 30.3 Å². The maximum atomic E-state index is 15.2. The topological polar surface area (TPSA) is 0 Å². The molecule has 190 valence electrons. The van der Waals surface area contributed by atoms with Crippen LogP contribution in [0.5, 0.6) is 0 Å². The molecule has 0 fully saturated rings. The number of benzene rings is 5. The van der Waals surface area contributed by atoms with Gasteiger partial charge in [0.15, 0.2) is 11.6 Å². The average Bonchev–Trinajstić information content (AvgIpc) is 2.86. The zero-order chi connectivity index (χ0) is 27.1. The van der Waals surface area contributed by atoms with Crippen molar-refractivity contribution in [2.75, 3.05) is 0 Å². The lowest BCUT2D eigenvalue weighted by molar-refractivity contribution is 0.511. The van der Waals surface area contributed by atoms with E-state index in [0.717, 1.165) is 42.5 Å². The maximum Gasteiger partial charge on any atom is 0.166 e. The fraction of sp³-hybridized carbons (Fsp3) is 0. The first kappa shape index (κ1) is 25.5. The van der Waals surface area contributed by atoms with E-state index in [9.17, 15) is 22.0 Å². The summed E-state index contributed by atoms with van der Waals surface area (Å²) >= 11 is 6.74. The largest absolute Gasteiger partial charge is 0.207 e. The molecule has 0 radical (unpaired) electrons. The molecule has 0 amide bonds. The van der Waals surface area contributed by atoms with E-state index < -0.39 is 40.7 Å². The second kappa shape index (κ2) is 9.99. The Bertz CT molecular complexity index is 1670. The van der Waals surface area contributed by atoms with Crippen LogP contribution in [0.4, 0.5) is 30.7 Å². The first-order valence-corrected chi connectivity index (χ1v) is 11.5. The fourth-order valence-electron chi connectivity index (χ4n) is 4.36. The third kappa shape index (κ3) is 4.65. The van der Waals surface area contributed by atoms with E-state index in [4.69, 9.17) is 11.6 Å². The Morgan fingerprint density at radius 3 is 1.74 bits per heavy atom. The van der Waals surface area contributed by atoms with Gasteiger partial charge in [0.2, 0.25) is 0 Å². The lowest BCUT2D eigenvalue weighted by Gasteiger charge is -2.22. The average molecular weight is 543 g/mol. The molecular formula is C30H14ClF7. The van der Waals surface area contributed by atoms with Crippen molar-refractivity contribution >= 4 is 11.6 Å². The first-order chi connectivity index (χ1) is 18.1. The minimum atomic E-state index is -1.28. The van der Waals surface area contributed by atoms with Gasteiger partial charge in [0.1, 0.15) is 29.1 Å². The number of hydrogen-bond donors (Lipinski definition) is 0. The minimum Gasteiger partial charge on any atom is -0.207 e. The Balaban J connectivity index is 2.00. The molecule has 0 nitrogen and oxygen atoms in total. The van der Waals surface area contributed by atoms with Crippen molar-refractivity contribution in [2.45, 2.75) is 0 Å². The Labute approximate surface area is 217 Å². The highest BCUT2D eigenvalue weighted by atomic mass is 35.5. The standard InChI is InChI=1S/C30H14ClF7/c31-29-24(16-10-19(34)12-20(35)11-16)14-23(15-4-6-17(32)7-5-15)27(22-2-1-3-25(36)30(22)38)28(29)21-9-8-18(33)13-26(21)37/h1-14H. The first-order valence-electron chi connectivity index (χ1n) is 11.1. The molecule has 0 atom stereocenters. The molecule has 0 spiro atoms. The third-order valence-corrected chi connectivity index (χ3v) is 6.41. The molecule has 0 unspecified atom stereocenters. The molecular weight excluding hydrogens is 529 g/mol. The van der Waals surface area contributed by atoms with E-state index in [0.29, 0.717) is 12.1 Å². The van der Waals surface area contributed by atoms with E-state index in [-0.39, 0.29) is 49.5 Å². The fourth-order valence-corrected chi connectivity index (χ4v) is 4.72.